The summed E-state index contributed by atoms with van der Waals surface area (Å²) < 4.78 is 12.0. The Bertz CT molecular complexity index is 1500. The molecule has 0 bridgehead atoms. The first-order valence-electron chi connectivity index (χ1n) is 12.4. The quantitative estimate of drug-likeness (QED) is 0.100. The Labute approximate surface area is 240 Å². The highest BCUT2D eigenvalue weighted by atomic mass is 79.9. The molecule has 8 nitrogen and oxygen atoms in total. The van der Waals surface area contributed by atoms with Crippen molar-refractivity contribution in [2.75, 3.05) is 11.9 Å². The molecule has 40 heavy (non-hydrogen) atoms. The number of benzene rings is 4. The van der Waals surface area contributed by atoms with Crippen molar-refractivity contribution in [3.63, 3.8) is 0 Å². The molecule has 0 saturated heterocycles. The van der Waals surface area contributed by atoms with Crippen LogP contribution in [0, 0.1) is 0 Å². The average molecular weight is 600 g/mol. The predicted octanol–water partition coefficient (Wildman–Crippen LogP) is 6.01. The molecular weight excluding hydrogens is 574 g/mol. The van der Waals surface area contributed by atoms with Crippen molar-refractivity contribution in [3.05, 3.63) is 124 Å². The lowest BCUT2D eigenvalue weighted by Crippen LogP contribution is -2.18. The zero-order valence-electron chi connectivity index (χ0n) is 21.6. The number of amides is 2. The van der Waals surface area contributed by atoms with E-state index in [1.54, 1.807) is 66.7 Å². The number of halogens is 1. The number of ether oxygens (including phenoxy) is 2. The van der Waals surface area contributed by atoms with Crippen LogP contribution in [0.1, 0.15) is 38.8 Å². The number of carbonyl (C=O) groups excluding carboxylic acids is 3. The minimum Gasteiger partial charge on any atom is -0.490 e. The van der Waals surface area contributed by atoms with Gasteiger partial charge in [0.05, 0.1) is 19.2 Å². The van der Waals surface area contributed by atoms with Gasteiger partial charge in [0.1, 0.15) is 0 Å². The monoisotopic (exact) mass is 599 g/mol. The summed E-state index contributed by atoms with van der Waals surface area (Å²) in [6.07, 6.45) is 1.60. The van der Waals surface area contributed by atoms with Crippen molar-refractivity contribution in [2.24, 2.45) is 5.10 Å². The zero-order chi connectivity index (χ0) is 28.3. The number of hydrazone groups is 1. The second kappa shape index (κ2) is 13.9. The predicted molar refractivity (Wildman–Crippen MR) is 157 cm³/mol. The Kier molecular flexibility index (Phi) is 9.79. The lowest BCUT2D eigenvalue weighted by molar-refractivity contribution is -0.133. The maximum absolute atomic E-state index is 12.5. The summed E-state index contributed by atoms with van der Waals surface area (Å²) in [5.41, 5.74) is 5.41. The molecule has 4 rings (SSSR count). The zero-order valence-corrected chi connectivity index (χ0v) is 23.2. The molecule has 4 aromatic rings. The molecule has 0 radical (unpaired) electrons. The van der Waals surface area contributed by atoms with Gasteiger partial charge in [-0.1, -0.05) is 46.3 Å². The van der Waals surface area contributed by atoms with E-state index in [0.717, 1.165) is 10.0 Å². The standard InChI is InChI=1S/C31H26BrN3O5/c1-2-39-28-18-22(8-17-27(28)40-29(36)19-21-6-4-3-5-7-21)20-33-35-31(38)24-11-15-26(16-12-24)34-30(37)23-9-13-25(32)14-10-23/h3-18,20H,2,19H2,1H3,(H,34,37)(H,35,38)/b33-20-. The molecular formula is C31H26BrN3O5. The lowest BCUT2D eigenvalue weighted by atomic mass is 10.1. The number of esters is 1. The molecule has 0 fully saturated rings. The normalized spacial score (nSPS) is 10.7. The van der Waals surface area contributed by atoms with Gasteiger partial charge < -0.3 is 14.8 Å². The van der Waals surface area contributed by atoms with Crippen LogP contribution in [0.4, 0.5) is 5.69 Å². The van der Waals surface area contributed by atoms with Crippen LogP contribution in [0.3, 0.4) is 0 Å². The van der Waals surface area contributed by atoms with Crippen LogP contribution in [-0.4, -0.2) is 30.6 Å². The summed E-state index contributed by atoms with van der Waals surface area (Å²) in [6.45, 7) is 2.20. The van der Waals surface area contributed by atoms with Gasteiger partial charge in [0.2, 0.25) is 0 Å². The van der Waals surface area contributed by atoms with Gasteiger partial charge in [-0.25, -0.2) is 5.43 Å². The van der Waals surface area contributed by atoms with Gasteiger partial charge in [-0.3, -0.25) is 14.4 Å². The summed E-state index contributed by atoms with van der Waals surface area (Å²) in [4.78, 5) is 37.3. The van der Waals surface area contributed by atoms with Gasteiger partial charge in [-0.2, -0.15) is 5.10 Å². The Morgan fingerprint density at radius 2 is 1.50 bits per heavy atom. The van der Waals surface area contributed by atoms with Gasteiger partial charge in [0, 0.05) is 21.3 Å². The number of anilines is 1. The van der Waals surface area contributed by atoms with E-state index in [0.29, 0.717) is 40.5 Å². The van der Waals surface area contributed by atoms with Gasteiger partial charge in [-0.15, -0.1) is 0 Å². The van der Waals surface area contributed by atoms with E-state index in [9.17, 15) is 14.4 Å². The SMILES string of the molecule is CCOc1cc(/C=N\NC(=O)c2ccc(NC(=O)c3ccc(Br)cc3)cc2)ccc1OC(=O)Cc1ccccc1. The average Bonchev–Trinajstić information content (AvgIpc) is 2.95. The van der Waals surface area contributed by atoms with E-state index >= 15 is 0 Å². The van der Waals surface area contributed by atoms with E-state index in [-0.39, 0.29) is 12.3 Å². The summed E-state index contributed by atoms with van der Waals surface area (Å²) in [5.74, 6) is -0.382. The van der Waals surface area contributed by atoms with Crippen molar-refractivity contribution in [2.45, 2.75) is 13.3 Å². The third kappa shape index (κ3) is 8.12. The maximum atomic E-state index is 12.5. The Balaban J connectivity index is 1.33. The molecule has 0 aliphatic heterocycles. The highest BCUT2D eigenvalue weighted by molar-refractivity contribution is 9.10. The minimum absolute atomic E-state index is 0.139. The smallest absolute Gasteiger partial charge is 0.315 e. The highest BCUT2D eigenvalue weighted by Gasteiger charge is 2.12. The molecule has 0 aliphatic rings. The van der Waals surface area contributed by atoms with Crippen molar-refractivity contribution in [3.8, 4) is 11.5 Å². The number of hydrogen-bond donors (Lipinski definition) is 2. The van der Waals surface area contributed by atoms with Crippen molar-refractivity contribution < 1.29 is 23.9 Å². The molecule has 0 spiro atoms. The van der Waals surface area contributed by atoms with Crippen LogP contribution in [0.5, 0.6) is 11.5 Å². The summed E-state index contributed by atoms with van der Waals surface area (Å²) >= 11 is 3.34. The second-order valence-electron chi connectivity index (χ2n) is 8.51. The molecule has 0 saturated carbocycles. The molecule has 4 aromatic carbocycles. The summed E-state index contributed by atoms with van der Waals surface area (Å²) in [5, 5.41) is 6.82. The Morgan fingerprint density at radius 1 is 0.825 bits per heavy atom. The molecule has 0 unspecified atom stereocenters. The molecule has 202 valence electrons. The lowest BCUT2D eigenvalue weighted by Gasteiger charge is -2.11. The fourth-order valence-electron chi connectivity index (χ4n) is 3.62. The van der Waals surface area contributed by atoms with Crippen LogP contribution in [-0.2, 0) is 11.2 Å². The minimum atomic E-state index is -0.418. The molecule has 0 aliphatic carbocycles. The first-order chi connectivity index (χ1) is 19.4. The topological polar surface area (TPSA) is 106 Å². The van der Waals surface area contributed by atoms with Gasteiger partial charge in [0.25, 0.3) is 11.8 Å². The second-order valence-corrected chi connectivity index (χ2v) is 9.43. The van der Waals surface area contributed by atoms with E-state index in [4.69, 9.17) is 9.47 Å². The maximum Gasteiger partial charge on any atom is 0.315 e. The van der Waals surface area contributed by atoms with Crippen LogP contribution >= 0.6 is 15.9 Å². The van der Waals surface area contributed by atoms with E-state index in [1.807, 2.05) is 37.3 Å². The Morgan fingerprint density at radius 3 is 2.20 bits per heavy atom. The number of carbonyl (C=O) groups is 3. The van der Waals surface area contributed by atoms with E-state index < -0.39 is 11.9 Å². The first kappa shape index (κ1) is 28.3. The fourth-order valence-corrected chi connectivity index (χ4v) is 3.88. The third-order valence-electron chi connectivity index (χ3n) is 5.57. The largest absolute Gasteiger partial charge is 0.490 e. The van der Waals surface area contributed by atoms with Crippen molar-refractivity contribution >= 4 is 45.6 Å². The summed E-state index contributed by atoms with van der Waals surface area (Å²) in [6, 6.07) is 27.8. The van der Waals surface area contributed by atoms with Crippen LogP contribution in [0.15, 0.2) is 107 Å². The molecule has 2 N–H and O–H groups in total. The van der Waals surface area contributed by atoms with E-state index in [2.05, 4.69) is 31.8 Å². The van der Waals surface area contributed by atoms with Gasteiger partial charge >= 0.3 is 5.97 Å². The molecule has 0 aromatic heterocycles. The molecule has 9 heteroatoms. The fraction of sp³-hybridized carbons (Fsp3) is 0.0968. The van der Waals surface area contributed by atoms with Crippen LogP contribution < -0.4 is 20.2 Å². The first-order valence-corrected chi connectivity index (χ1v) is 13.2. The molecule has 2 amide bonds. The molecule has 0 atom stereocenters. The van der Waals surface area contributed by atoms with Gasteiger partial charge in [-0.05, 0) is 84.8 Å². The number of rotatable bonds is 10. The van der Waals surface area contributed by atoms with Crippen molar-refractivity contribution in [1.82, 2.24) is 5.43 Å². The van der Waals surface area contributed by atoms with E-state index in [1.165, 1.54) is 6.21 Å². The summed E-state index contributed by atoms with van der Waals surface area (Å²) in [7, 11) is 0. The molecule has 0 heterocycles. The number of nitrogens with one attached hydrogen (secondary N) is 2. The number of nitrogens with zero attached hydrogens (tertiary/aromatic N) is 1. The van der Waals surface area contributed by atoms with Crippen LogP contribution in [0.2, 0.25) is 0 Å². The van der Waals surface area contributed by atoms with Crippen LogP contribution in [0.25, 0.3) is 0 Å². The third-order valence-corrected chi connectivity index (χ3v) is 6.10. The highest BCUT2D eigenvalue weighted by Crippen LogP contribution is 2.28. The van der Waals surface area contributed by atoms with Gasteiger partial charge in [0.15, 0.2) is 11.5 Å². The van der Waals surface area contributed by atoms with Crippen molar-refractivity contribution in [1.29, 1.82) is 0 Å². The number of hydrogen-bond acceptors (Lipinski definition) is 6. The Hall–Kier alpha value is -4.76.